The van der Waals surface area contributed by atoms with Crippen molar-refractivity contribution >= 4 is 29.4 Å². The molecule has 1 heterocycles. The Bertz CT molecular complexity index is 1140. The SMILES string of the molecule is COc1cccc(-c2nnc(SCC=Cc3ccccc3)n2-c2ccc(Cl)cc2)c1. The van der Waals surface area contributed by atoms with Crippen molar-refractivity contribution in [2.75, 3.05) is 12.9 Å². The van der Waals surface area contributed by atoms with Crippen LogP contribution in [0.2, 0.25) is 5.02 Å². The number of hydrogen-bond donors (Lipinski definition) is 0. The second-order valence-electron chi connectivity index (χ2n) is 6.47. The van der Waals surface area contributed by atoms with Gasteiger partial charge in [0.05, 0.1) is 7.11 Å². The van der Waals surface area contributed by atoms with E-state index in [1.165, 1.54) is 5.56 Å². The lowest BCUT2D eigenvalue weighted by molar-refractivity contribution is 0.415. The highest BCUT2D eigenvalue weighted by Crippen LogP contribution is 2.30. The van der Waals surface area contributed by atoms with E-state index >= 15 is 0 Å². The van der Waals surface area contributed by atoms with Crippen molar-refractivity contribution < 1.29 is 4.74 Å². The lowest BCUT2D eigenvalue weighted by atomic mass is 10.2. The van der Waals surface area contributed by atoms with Crippen molar-refractivity contribution in [2.24, 2.45) is 0 Å². The minimum Gasteiger partial charge on any atom is -0.497 e. The molecule has 0 aliphatic heterocycles. The fourth-order valence-electron chi connectivity index (χ4n) is 3.01. The average molecular weight is 434 g/mol. The Morgan fingerprint density at radius 2 is 1.77 bits per heavy atom. The number of benzene rings is 3. The second kappa shape index (κ2) is 9.65. The largest absolute Gasteiger partial charge is 0.497 e. The number of rotatable bonds is 7. The molecule has 0 fully saturated rings. The third-order valence-electron chi connectivity index (χ3n) is 4.46. The molecule has 0 saturated carbocycles. The van der Waals surface area contributed by atoms with Crippen molar-refractivity contribution in [1.82, 2.24) is 14.8 Å². The Hall–Kier alpha value is -3.02. The van der Waals surface area contributed by atoms with E-state index in [9.17, 15) is 0 Å². The van der Waals surface area contributed by atoms with Gasteiger partial charge in [-0.2, -0.15) is 0 Å². The molecule has 0 bridgehead atoms. The molecule has 4 aromatic rings. The molecule has 4 nitrogen and oxygen atoms in total. The molecule has 0 saturated heterocycles. The van der Waals surface area contributed by atoms with Crippen molar-refractivity contribution in [3.63, 3.8) is 0 Å². The van der Waals surface area contributed by atoms with Crippen LogP contribution in [-0.2, 0) is 0 Å². The minimum atomic E-state index is 0.690. The van der Waals surface area contributed by atoms with Crippen LogP contribution in [0.25, 0.3) is 23.2 Å². The first-order chi connectivity index (χ1) is 14.7. The Balaban J connectivity index is 1.65. The van der Waals surface area contributed by atoms with E-state index in [1.54, 1.807) is 18.9 Å². The molecule has 0 spiro atoms. The van der Waals surface area contributed by atoms with Gasteiger partial charge >= 0.3 is 0 Å². The smallest absolute Gasteiger partial charge is 0.196 e. The zero-order valence-electron chi connectivity index (χ0n) is 16.4. The molecule has 4 rings (SSSR count). The van der Waals surface area contributed by atoms with Crippen molar-refractivity contribution in [3.05, 3.63) is 95.5 Å². The normalized spacial score (nSPS) is 11.1. The summed E-state index contributed by atoms with van der Waals surface area (Å²) in [6.07, 6.45) is 4.24. The lowest BCUT2D eigenvalue weighted by Gasteiger charge is -2.11. The highest BCUT2D eigenvalue weighted by Gasteiger charge is 2.16. The first-order valence-corrected chi connectivity index (χ1v) is 10.8. The second-order valence-corrected chi connectivity index (χ2v) is 7.90. The predicted octanol–water partition coefficient (Wildman–Crippen LogP) is 6.40. The molecular weight excluding hydrogens is 414 g/mol. The lowest BCUT2D eigenvalue weighted by Crippen LogP contribution is -2.00. The van der Waals surface area contributed by atoms with Gasteiger partial charge in [0.15, 0.2) is 11.0 Å². The summed E-state index contributed by atoms with van der Waals surface area (Å²) in [4.78, 5) is 0. The third-order valence-corrected chi connectivity index (χ3v) is 5.60. The third kappa shape index (κ3) is 4.75. The van der Waals surface area contributed by atoms with E-state index in [4.69, 9.17) is 16.3 Å². The number of hydrogen-bond acceptors (Lipinski definition) is 4. The summed E-state index contributed by atoms with van der Waals surface area (Å²) >= 11 is 7.73. The van der Waals surface area contributed by atoms with Gasteiger partial charge in [0, 0.05) is 22.0 Å². The quantitative estimate of drug-likeness (QED) is 0.316. The van der Waals surface area contributed by atoms with Crippen molar-refractivity contribution in [1.29, 1.82) is 0 Å². The number of thioether (sulfide) groups is 1. The molecular formula is C24H20ClN3OS. The molecule has 0 N–H and O–H groups in total. The Kier molecular flexibility index (Phi) is 6.52. The summed E-state index contributed by atoms with van der Waals surface area (Å²) in [5.41, 5.74) is 3.06. The highest BCUT2D eigenvalue weighted by molar-refractivity contribution is 7.99. The molecule has 0 radical (unpaired) electrons. The summed E-state index contributed by atoms with van der Waals surface area (Å²) in [6.45, 7) is 0. The van der Waals surface area contributed by atoms with Crippen molar-refractivity contribution in [2.45, 2.75) is 5.16 Å². The number of ether oxygens (including phenoxy) is 1. The average Bonchev–Trinajstić information content (AvgIpc) is 3.22. The first kappa shape index (κ1) is 20.3. The molecule has 3 aromatic carbocycles. The van der Waals surface area contributed by atoms with Gasteiger partial charge in [0.2, 0.25) is 0 Å². The Morgan fingerprint density at radius 3 is 2.53 bits per heavy atom. The number of nitrogens with zero attached hydrogens (tertiary/aromatic N) is 3. The van der Waals surface area contributed by atoms with E-state index in [1.807, 2.05) is 71.3 Å². The summed E-state index contributed by atoms with van der Waals surface area (Å²) < 4.78 is 7.42. The van der Waals surface area contributed by atoms with Crippen LogP contribution in [0.4, 0.5) is 0 Å². The van der Waals surface area contributed by atoms with Crippen LogP contribution in [-0.4, -0.2) is 27.6 Å². The maximum Gasteiger partial charge on any atom is 0.196 e. The number of aromatic nitrogens is 3. The van der Waals surface area contributed by atoms with Gasteiger partial charge in [-0.05, 0) is 42.0 Å². The van der Waals surface area contributed by atoms with Gasteiger partial charge in [-0.1, -0.05) is 78.0 Å². The molecule has 30 heavy (non-hydrogen) atoms. The fourth-order valence-corrected chi connectivity index (χ4v) is 3.89. The maximum absolute atomic E-state index is 6.10. The fraction of sp³-hybridized carbons (Fsp3) is 0.0833. The van der Waals surface area contributed by atoms with Gasteiger partial charge in [-0.25, -0.2) is 0 Å². The zero-order valence-corrected chi connectivity index (χ0v) is 18.0. The summed E-state index contributed by atoms with van der Waals surface area (Å²) in [6, 6.07) is 25.8. The van der Waals surface area contributed by atoms with Crippen molar-refractivity contribution in [3.8, 4) is 22.8 Å². The van der Waals surface area contributed by atoms with Gasteiger partial charge < -0.3 is 4.74 Å². The van der Waals surface area contributed by atoms with Crippen LogP contribution in [0.1, 0.15) is 5.56 Å². The summed E-state index contributed by atoms with van der Waals surface area (Å²) in [7, 11) is 1.66. The number of halogens is 1. The molecule has 150 valence electrons. The summed E-state index contributed by atoms with van der Waals surface area (Å²) in [5.74, 6) is 2.31. The monoisotopic (exact) mass is 433 g/mol. The molecule has 0 atom stereocenters. The zero-order chi connectivity index (χ0) is 20.8. The Morgan fingerprint density at radius 1 is 0.967 bits per heavy atom. The topological polar surface area (TPSA) is 39.9 Å². The van der Waals surface area contributed by atoms with E-state index < -0.39 is 0 Å². The molecule has 6 heteroatoms. The summed E-state index contributed by atoms with van der Waals surface area (Å²) in [5, 5.41) is 10.4. The molecule has 0 aliphatic carbocycles. The van der Waals surface area contributed by atoms with Gasteiger partial charge in [-0.15, -0.1) is 10.2 Å². The predicted molar refractivity (Wildman–Crippen MR) is 125 cm³/mol. The minimum absolute atomic E-state index is 0.690. The maximum atomic E-state index is 6.10. The van der Waals surface area contributed by atoms with E-state index in [-0.39, 0.29) is 0 Å². The highest BCUT2D eigenvalue weighted by atomic mass is 35.5. The van der Waals surface area contributed by atoms with Crippen LogP contribution in [0.15, 0.2) is 90.1 Å². The molecule has 0 unspecified atom stereocenters. The van der Waals surface area contributed by atoms with Crippen LogP contribution in [0.5, 0.6) is 5.75 Å². The van der Waals surface area contributed by atoms with Gasteiger partial charge in [-0.3, -0.25) is 4.57 Å². The molecule has 0 amide bonds. The molecule has 1 aromatic heterocycles. The standard InChI is InChI=1S/C24H20ClN3OS/c1-29-22-11-5-10-19(17-22)23-26-27-24(28(23)21-14-12-20(25)13-15-21)30-16-6-9-18-7-3-2-4-8-18/h2-15,17H,16H2,1H3. The van der Waals surface area contributed by atoms with E-state index in [0.717, 1.165) is 33.7 Å². The van der Waals surface area contributed by atoms with Gasteiger partial charge in [0.1, 0.15) is 5.75 Å². The Labute approximate surface area is 185 Å². The van der Waals surface area contributed by atoms with Crippen LogP contribution in [0.3, 0.4) is 0 Å². The first-order valence-electron chi connectivity index (χ1n) is 9.45. The van der Waals surface area contributed by atoms with Gasteiger partial charge in [0.25, 0.3) is 0 Å². The van der Waals surface area contributed by atoms with E-state index in [2.05, 4.69) is 34.5 Å². The number of methoxy groups -OCH3 is 1. The van der Waals surface area contributed by atoms with Crippen LogP contribution in [0, 0.1) is 0 Å². The van der Waals surface area contributed by atoms with Crippen LogP contribution < -0.4 is 4.74 Å². The van der Waals surface area contributed by atoms with Crippen LogP contribution >= 0.6 is 23.4 Å². The van der Waals surface area contributed by atoms with E-state index in [0.29, 0.717) is 5.02 Å². The molecule has 0 aliphatic rings.